The number of fused-ring (bicyclic) bond motifs is 1. The Labute approximate surface area is 167 Å². The van der Waals surface area contributed by atoms with E-state index >= 15 is 0 Å². The van der Waals surface area contributed by atoms with Gasteiger partial charge in [0.2, 0.25) is 0 Å². The van der Waals surface area contributed by atoms with Gasteiger partial charge in [0.1, 0.15) is 0 Å². The number of anilines is 2. The third-order valence-corrected chi connectivity index (χ3v) is 5.79. The first-order valence-corrected chi connectivity index (χ1v) is 9.87. The van der Waals surface area contributed by atoms with Gasteiger partial charge >= 0.3 is 5.97 Å². The molecule has 1 heterocycles. The van der Waals surface area contributed by atoms with Crippen LogP contribution in [0.25, 0.3) is 22.0 Å². The lowest BCUT2D eigenvalue weighted by Crippen LogP contribution is -1.99. The maximum absolute atomic E-state index is 11.4. The fourth-order valence-corrected chi connectivity index (χ4v) is 4.21. The molecule has 0 aliphatic carbocycles. The van der Waals surface area contributed by atoms with Gasteiger partial charge in [-0.3, -0.25) is 4.79 Å². The number of benzene rings is 3. The van der Waals surface area contributed by atoms with Crippen LogP contribution in [0.5, 0.6) is 0 Å². The second-order valence-electron chi connectivity index (χ2n) is 6.81. The molecule has 2 N–H and O–H groups in total. The monoisotopic (exact) mass is 388 g/mol. The van der Waals surface area contributed by atoms with Crippen molar-refractivity contribution in [3.05, 3.63) is 76.7 Å². The zero-order valence-electron chi connectivity index (χ0n) is 15.7. The number of carboxylic acid groups (broad SMARTS) is 1. The van der Waals surface area contributed by atoms with Gasteiger partial charge in [-0.05, 0) is 42.5 Å². The van der Waals surface area contributed by atoms with Crippen LogP contribution in [0, 0.1) is 13.8 Å². The minimum Gasteiger partial charge on any atom is -0.481 e. The fourth-order valence-electron chi connectivity index (χ4n) is 3.23. The van der Waals surface area contributed by atoms with Crippen LogP contribution in [-0.2, 0) is 11.2 Å². The van der Waals surface area contributed by atoms with Crippen LogP contribution in [0.3, 0.4) is 0 Å². The number of nitrogens with one attached hydrogen (secondary N) is 1. The molecule has 4 nitrogen and oxygen atoms in total. The van der Waals surface area contributed by atoms with E-state index in [-0.39, 0.29) is 6.42 Å². The summed E-state index contributed by atoms with van der Waals surface area (Å²) in [7, 11) is 0. The summed E-state index contributed by atoms with van der Waals surface area (Å²) < 4.78 is 0. The largest absolute Gasteiger partial charge is 0.481 e. The SMILES string of the molecule is Cc1ccc(-c2nc(Nc3cccc4ccccc34)sc2CC(=O)O)cc1C. The van der Waals surface area contributed by atoms with Gasteiger partial charge in [0.25, 0.3) is 0 Å². The van der Waals surface area contributed by atoms with Gasteiger partial charge in [-0.2, -0.15) is 0 Å². The Morgan fingerprint density at radius 2 is 1.82 bits per heavy atom. The molecule has 28 heavy (non-hydrogen) atoms. The Morgan fingerprint density at radius 1 is 1.04 bits per heavy atom. The maximum atomic E-state index is 11.4. The normalized spacial score (nSPS) is 10.9. The summed E-state index contributed by atoms with van der Waals surface area (Å²) >= 11 is 1.39. The van der Waals surface area contributed by atoms with Crippen LogP contribution in [0.2, 0.25) is 0 Å². The third-order valence-electron chi connectivity index (χ3n) is 4.82. The summed E-state index contributed by atoms with van der Waals surface area (Å²) in [6.45, 7) is 4.11. The van der Waals surface area contributed by atoms with Gasteiger partial charge in [-0.15, -0.1) is 11.3 Å². The highest BCUT2D eigenvalue weighted by molar-refractivity contribution is 7.16. The predicted octanol–water partition coefficient (Wildman–Crippen LogP) is 5.95. The van der Waals surface area contributed by atoms with Crippen molar-refractivity contribution < 1.29 is 9.90 Å². The highest BCUT2D eigenvalue weighted by atomic mass is 32.1. The van der Waals surface area contributed by atoms with Crippen LogP contribution in [0.1, 0.15) is 16.0 Å². The molecule has 0 saturated heterocycles. The van der Waals surface area contributed by atoms with Crippen molar-refractivity contribution in [2.45, 2.75) is 20.3 Å². The summed E-state index contributed by atoms with van der Waals surface area (Å²) in [6, 6.07) is 20.3. The number of hydrogen-bond acceptors (Lipinski definition) is 4. The van der Waals surface area contributed by atoms with Crippen LogP contribution in [0.4, 0.5) is 10.8 Å². The molecule has 0 saturated carbocycles. The zero-order valence-corrected chi connectivity index (χ0v) is 16.5. The first-order valence-electron chi connectivity index (χ1n) is 9.05. The van der Waals surface area contributed by atoms with E-state index in [0.717, 1.165) is 38.2 Å². The zero-order chi connectivity index (χ0) is 19.7. The Balaban J connectivity index is 1.76. The maximum Gasteiger partial charge on any atom is 0.308 e. The number of nitrogens with zero attached hydrogens (tertiary/aromatic N) is 1. The van der Waals surface area contributed by atoms with E-state index in [0.29, 0.717) is 5.13 Å². The number of rotatable bonds is 5. The molecule has 4 aromatic rings. The van der Waals surface area contributed by atoms with Gasteiger partial charge in [0.05, 0.1) is 12.1 Å². The first-order chi connectivity index (χ1) is 13.5. The Morgan fingerprint density at radius 3 is 2.61 bits per heavy atom. The standard InChI is InChI=1S/C23H20N2O2S/c1-14-10-11-17(12-15(14)2)22-20(13-21(26)27)28-23(25-22)24-19-9-5-7-16-6-3-4-8-18(16)19/h3-12H,13H2,1-2H3,(H,24,25)(H,26,27). The number of carboxylic acids is 1. The number of aryl methyl sites for hydroxylation is 2. The summed E-state index contributed by atoms with van der Waals surface area (Å²) in [5.74, 6) is -0.856. The second-order valence-corrected chi connectivity index (χ2v) is 7.90. The molecule has 5 heteroatoms. The molecule has 0 fully saturated rings. The van der Waals surface area contributed by atoms with E-state index in [1.165, 1.54) is 16.9 Å². The van der Waals surface area contributed by atoms with Gasteiger partial charge < -0.3 is 10.4 Å². The molecule has 0 atom stereocenters. The molecule has 0 unspecified atom stereocenters. The Kier molecular flexibility index (Phi) is 4.84. The first kappa shape index (κ1) is 18.2. The average molecular weight is 388 g/mol. The molecule has 0 bridgehead atoms. The number of thiazole rings is 1. The van der Waals surface area contributed by atoms with Crippen LogP contribution in [0.15, 0.2) is 60.7 Å². The summed E-state index contributed by atoms with van der Waals surface area (Å²) in [4.78, 5) is 16.9. The van der Waals surface area contributed by atoms with Crippen molar-refractivity contribution in [1.29, 1.82) is 0 Å². The molecule has 4 rings (SSSR count). The molecule has 140 valence electrons. The molecule has 0 spiro atoms. The van der Waals surface area contributed by atoms with E-state index in [2.05, 4.69) is 43.4 Å². The number of aromatic nitrogens is 1. The molecule has 0 amide bonds. The molecule has 0 radical (unpaired) electrons. The summed E-state index contributed by atoms with van der Waals surface area (Å²) in [6.07, 6.45) is -0.0445. The topological polar surface area (TPSA) is 62.2 Å². The lowest BCUT2D eigenvalue weighted by Gasteiger charge is -2.07. The van der Waals surface area contributed by atoms with E-state index in [1.54, 1.807) is 0 Å². The van der Waals surface area contributed by atoms with Gasteiger partial charge in [-0.25, -0.2) is 4.98 Å². The van der Waals surface area contributed by atoms with E-state index < -0.39 is 5.97 Å². The predicted molar refractivity (Wildman–Crippen MR) is 116 cm³/mol. The Hall–Kier alpha value is -3.18. The molecule has 1 aromatic heterocycles. The highest BCUT2D eigenvalue weighted by Gasteiger charge is 2.17. The number of hydrogen-bond donors (Lipinski definition) is 2. The summed E-state index contributed by atoms with van der Waals surface area (Å²) in [5, 5.41) is 15.7. The van der Waals surface area contributed by atoms with Gasteiger partial charge in [-0.1, -0.05) is 48.5 Å². The quantitative estimate of drug-likeness (QED) is 0.443. The minimum atomic E-state index is -0.856. The van der Waals surface area contributed by atoms with Crippen molar-refractivity contribution in [2.75, 3.05) is 5.32 Å². The molecular weight excluding hydrogens is 368 g/mol. The second kappa shape index (κ2) is 7.44. The van der Waals surface area contributed by atoms with E-state index in [9.17, 15) is 9.90 Å². The highest BCUT2D eigenvalue weighted by Crippen LogP contribution is 2.35. The van der Waals surface area contributed by atoms with Crippen LogP contribution >= 0.6 is 11.3 Å². The van der Waals surface area contributed by atoms with Crippen LogP contribution < -0.4 is 5.32 Å². The van der Waals surface area contributed by atoms with E-state index in [4.69, 9.17) is 4.98 Å². The van der Waals surface area contributed by atoms with Crippen molar-refractivity contribution in [3.8, 4) is 11.3 Å². The molecule has 3 aromatic carbocycles. The lowest BCUT2D eigenvalue weighted by molar-refractivity contribution is -0.136. The third kappa shape index (κ3) is 3.62. The van der Waals surface area contributed by atoms with E-state index in [1.807, 2.05) is 36.4 Å². The van der Waals surface area contributed by atoms with Gasteiger partial charge in [0, 0.05) is 21.5 Å². The minimum absolute atomic E-state index is 0.0445. The molecule has 0 aliphatic heterocycles. The van der Waals surface area contributed by atoms with Crippen molar-refractivity contribution in [2.24, 2.45) is 0 Å². The smallest absolute Gasteiger partial charge is 0.308 e. The van der Waals surface area contributed by atoms with Gasteiger partial charge in [0.15, 0.2) is 5.13 Å². The van der Waals surface area contributed by atoms with Crippen molar-refractivity contribution >= 4 is 38.9 Å². The number of aliphatic carboxylic acids is 1. The lowest BCUT2D eigenvalue weighted by atomic mass is 10.0. The fraction of sp³-hybridized carbons (Fsp3) is 0.130. The average Bonchev–Trinajstić information content (AvgIpc) is 3.06. The molecule has 0 aliphatic rings. The Bertz CT molecular complexity index is 1180. The number of carbonyl (C=O) groups is 1. The van der Waals surface area contributed by atoms with Crippen LogP contribution in [-0.4, -0.2) is 16.1 Å². The van der Waals surface area contributed by atoms with Crippen molar-refractivity contribution in [1.82, 2.24) is 4.98 Å². The summed E-state index contributed by atoms with van der Waals surface area (Å²) in [5.41, 5.74) is 5.00. The molecular formula is C23H20N2O2S. The van der Waals surface area contributed by atoms with Crippen molar-refractivity contribution in [3.63, 3.8) is 0 Å².